The SMILES string of the molecule is CC(C)c1nc(CC(C)c2cc(F)cc(CC(C)c3ccccn3)n2)ccc1F. The van der Waals surface area contributed by atoms with Gasteiger partial charge in [0.1, 0.15) is 11.6 Å². The van der Waals surface area contributed by atoms with Crippen LogP contribution in [0.25, 0.3) is 0 Å². The molecule has 0 saturated heterocycles. The number of aromatic nitrogens is 3. The Kier molecular flexibility index (Phi) is 6.68. The van der Waals surface area contributed by atoms with E-state index in [-0.39, 0.29) is 29.4 Å². The van der Waals surface area contributed by atoms with Gasteiger partial charge in [-0.3, -0.25) is 15.0 Å². The van der Waals surface area contributed by atoms with Gasteiger partial charge in [0.25, 0.3) is 0 Å². The van der Waals surface area contributed by atoms with Gasteiger partial charge in [-0.1, -0.05) is 33.8 Å². The molecule has 0 aliphatic carbocycles. The first-order valence-electron chi connectivity index (χ1n) is 10.1. The van der Waals surface area contributed by atoms with Crippen LogP contribution in [0.15, 0.2) is 48.7 Å². The van der Waals surface area contributed by atoms with Crippen molar-refractivity contribution in [2.24, 2.45) is 0 Å². The van der Waals surface area contributed by atoms with Crippen molar-refractivity contribution < 1.29 is 8.78 Å². The van der Waals surface area contributed by atoms with E-state index < -0.39 is 0 Å². The number of rotatable bonds is 7. The topological polar surface area (TPSA) is 38.7 Å². The van der Waals surface area contributed by atoms with Gasteiger partial charge < -0.3 is 0 Å². The lowest BCUT2D eigenvalue weighted by atomic mass is 9.97. The smallest absolute Gasteiger partial charge is 0.144 e. The molecule has 0 aromatic carbocycles. The highest BCUT2D eigenvalue weighted by Gasteiger charge is 2.16. The van der Waals surface area contributed by atoms with Crippen molar-refractivity contribution in [3.8, 4) is 0 Å². The fourth-order valence-corrected chi connectivity index (χ4v) is 3.45. The summed E-state index contributed by atoms with van der Waals surface area (Å²) in [4.78, 5) is 13.5. The largest absolute Gasteiger partial charge is 0.261 e. The molecule has 0 amide bonds. The van der Waals surface area contributed by atoms with Crippen molar-refractivity contribution in [3.63, 3.8) is 0 Å². The molecule has 152 valence electrons. The number of halogens is 2. The van der Waals surface area contributed by atoms with E-state index in [1.807, 2.05) is 39.0 Å². The predicted octanol–water partition coefficient (Wildman–Crippen LogP) is 5.97. The summed E-state index contributed by atoms with van der Waals surface area (Å²) in [6, 6.07) is 11.9. The van der Waals surface area contributed by atoms with Crippen LogP contribution in [0.3, 0.4) is 0 Å². The van der Waals surface area contributed by atoms with Gasteiger partial charge in [-0.2, -0.15) is 0 Å². The van der Waals surface area contributed by atoms with E-state index in [1.54, 1.807) is 12.3 Å². The Morgan fingerprint density at radius 3 is 2.21 bits per heavy atom. The molecular weight excluding hydrogens is 368 g/mol. The predicted molar refractivity (Wildman–Crippen MR) is 111 cm³/mol. The Morgan fingerprint density at radius 2 is 1.52 bits per heavy atom. The quantitative estimate of drug-likeness (QED) is 0.495. The molecular formula is C24H27F2N3. The molecule has 2 unspecified atom stereocenters. The molecule has 0 fully saturated rings. The van der Waals surface area contributed by atoms with Crippen LogP contribution < -0.4 is 0 Å². The van der Waals surface area contributed by atoms with Gasteiger partial charge in [-0.05, 0) is 55.2 Å². The molecule has 0 aliphatic rings. The van der Waals surface area contributed by atoms with Gasteiger partial charge >= 0.3 is 0 Å². The van der Waals surface area contributed by atoms with Gasteiger partial charge in [0.05, 0.1) is 5.69 Å². The molecule has 0 saturated carbocycles. The van der Waals surface area contributed by atoms with E-state index >= 15 is 0 Å². The van der Waals surface area contributed by atoms with Crippen LogP contribution >= 0.6 is 0 Å². The normalized spacial score (nSPS) is 13.5. The second-order valence-corrected chi connectivity index (χ2v) is 7.99. The van der Waals surface area contributed by atoms with Crippen molar-refractivity contribution in [2.45, 2.75) is 58.3 Å². The molecule has 0 spiro atoms. The van der Waals surface area contributed by atoms with Crippen molar-refractivity contribution >= 4 is 0 Å². The highest BCUT2D eigenvalue weighted by atomic mass is 19.1. The fourth-order valence-electron chi connectivity index (χ4n) is 3.45. The first kappa shape index (κ1) is 21.0. The summed E-state index contributed by atoms with van der Waals surface area (Å²) in [6.45, 7) is 7.89. The van der Waals surface area contributed by atoms with Crippen molar-refractivity contribution in [1.82, 2.24) is 15.0 Å². The summed E-state index contributed by atoms with van der Waals surface area (Å²) in [7, 11) is 0. The summed E-state index contributed by atoms with van der Waals surface area (Å²) in [5.41, 5.74) is 3.61. The number of hydrogen-bond donors (Lipinski definition) is 0. The van der Waals surface area contributed by atoms with Crippen LogP contribution in [0.1, 0.15) is 73.9 Å². The summed E-state index contributed by atoms with van der Waals surface area (Å²) < 4.78 is 28.2. The molecule has 0 N–H and O–H groups in total. The second-order valence-electron chi connectivity index (χ2n) is 7.99. The monoisotopic (exact) mass is 395 g/mol. The lowest BCUT2D eigenvalue weighted by molar-refractivity contribution is 0.576. The first-order chi connectivity index (χ1) is 13.8. The van der Waals surface area contributed by atoms with Crippen LogP contribution in [-0.4, -0.2) is 15.0 Å². The Labute approximate surface area is 171 Å². The van der Waals surface area contributed by atoms with Gasteiger partial charge in [0, 0.05) is 40.8 Å². The maximum atomic E-state index is 14.3. The third kappa shape index (κ3) is 5.43. The standard InChI is InChI=1S/C24H27F2N3/c1-15(2)24-21(26)9-8-19(29-24)11-17(4)23-14-18(25)13-20(28-23)12-16(3)22-7-5-6-10-27-22/h5-10,13-17H,11-12H2,1-4H3. The van der Waals surface area contributed by atoms with E-state index in [1.165, 1.54) is 18.2 Å². The van der Waals surface area contributed by atoms with Gasteiger partial charge in [-0.15, -0.1) is 0 Å². The van der Waals surface area contributed by atoms with Crippen molar-refractivity contribution in [1.29, 1.82) is 0 Å². The molecule has 0 radical (unpaired) electrons. The van der Waals surface area contributed by atoms with E-state index in [4.69, 9.17) is 4.98 Å². The average molecular weight is 395 g/mol. The van der Waals surface area contributed by atoms with Crippen LogP contribution in [0, 0.1) is 11.6 Å². The number of pyridine rings is 3. The van der Waals surface area contributed by atoms with Crippen LogP contribution in [0.5, 0.6) is 0 Å². The molecule has 3 aromatic rings. The minimum Gasteiger partial charge on any atom is -0.261 e. The summed E-state index contributed by atoms with van der Waals surface area (Å²) in [6.07, 6.45) is 2.95. The number of nitrogens with zero attached hydrogens (tertiary/aromatic N) is 3. The highest BCUT2D eigenvalue weighted by molar-refractivity contribution is 5.22. The first-order valence-corrected chi connectivity index (χ1v) is 10.1. The molecule has 3 aromatic heterocycles. The Bertz CT molecular complexity index is 958. The Morgan fingerprint density at radius 1 is 0.793 bits per heavy atom. The fraction of sp³-hybridized carbons (Fsp3) is 0.375. The number of hydrogen-bond acceptors (Lipinski definition) is 3. The van der Waals surface area contributed by atoms with Gasteiger partial charge in [-0.25, -0.2) is 8.78 Å². The van der Waals surface area contributed by atoms with E-state index in [2.05, 4.69) is 16.9 Å². The molecule has 5 heteroatoms. The molecule has 2 atom stereocenters. The van der Waals surface area contributed by atoms with Crippen LogP contribution in [-0.2, 0) is 12.8 Å². The molecule has 0 aliphatic heterocycles. The van der Waals surface area contributed by atoms with Crippen molar-refractivity contribution in [2.75, 3.05) is 0 Å². The third-order valence-electron chi connectivity index (χ3n) is 5.07. The molecule has 3 nitrogen and oxygen atoms in total. The average Bonchev–Trinajstić information content (AvgIpc) is 2.69. The van der Waals surface area contributed by atoms with E-state index in [9.17, 15) is 8.78 Å². The van der Waals surface area contributed by atoms with E-state index in [0.717, 1.165) is 11.4 Å². The minimum atomic E-state index is -0.292. The van der Waals surface area contributed by atoms with Gasteiger partial charge in [0.2, 0.25) is 0 Å². The molecule has 29 heavy (non-hydrogen) atoms. The Hall–Kier alpha value is -2.69. The van der Waals surface area contributed by atoms with Gasteiger partial charge in [0.15, 0.2) is 0 Å². The van der Waals surface area contributed by atoms with E-state index in [0.29, 0.717) is 29.9 Å². The lowest BCUT2D eigenvalue weighted by Crippen LogP contribution is -2.09. The van der Waals surface area contributed by atoms with Crippen LogP contribution in [0.2, 0.25) is 0 Å². The summed E-state index contributed by atoms with van der Waals surface area (Å²) in [5, 5.41) is 0. The zero-order valence-electron chi connectivity index (χ0n) is 17.4. The molecule has 3 rings (SSSR count). The van der Waals surface area contributed by atoms with Crippen molar-refractivity contribution in [3.05, 3.63) is 88.8 Å². The maximum absolute atomic E-state index is 14.3. The highest BCUT2D eigenvalue weighted by Crippen LogP contribution is 2.24. The zero-order chi connectivity index (χ0) is 21.0. The lowest BCUT2D eigenvalue weighted by Gasteiger charge is -2.15. The van der Waals surface area contributed by atoms with Crippen LogP contribution in [0.4, 0.5) is 8.78 Å². The summed E-state index contributed by atoms with van der Waals surface area (Å²) >= 11 is 0. The maximum Gasteiger partial charge on any atom is 0.144 e. The second kappa shape index (κ2) is 9.21. The third-order valence-corrected chi connectivity index (χ3v) is 5.07. The minimum absolute atomic E-state index is 0.0113. The Balaban J connectivity index is 1.77. The molecule has 3 heterocycles. The molecule has 0 bridgehead atoms. The zero-order valence-corrected chi connectivity index (χ0v) is 17.4. The summed E-state index contributed by atoms with van der Waals surface area (Å²) in [5.74, 6) is -0.461.